The molecule has 1 heterocycles. The molecule has 0 aromatic heterocycles. The van der Waals surface area contributed by atoms with Gasteiger partial charge in [-0.2, -0.15) is 0 Å². The van der Waals surface area contributed by atoms with Gasteiger partial charge in [0, 0.05) is 7.05 Å². The summed E-state index contributed by atoms with van der Waals surface area (Å²) in [6, 6.07) is 9.97. The Morgan fingerprint density at radius 3 is 2.32 bits per heavy atom. The molecule has 0 radical (unpaired) electrons. The molecule has 2 aromatic rings. The molecule has 1 saturated carbocycles. The van der Waals surface area contributed by atoms with Crippen LogP contribution in [0.5, 0.6) is 5.75 Å². The summed E-state index contributed by atoms with van der Waals surface area (Å²) >= 11 is 11.9. The molecule has 1 saturated heterocycles. The predicted octanol–water partition coefficient (Wildman–Crippen LogP) is 4.45. The number of halogens is 2. The zero-order chi connectivity index (χ0) is 20.0. The third-order valence-electron chi connectivity index (χ3n) is 4.82. The van der Waals surface area contributed by atoms with Crippen molar-refractivity contribution in [3.63, 3.8) is 0 Å². The molecule has 1 unspecified atom stereocenters. The van der Waals surface area contributed by atoms with Crippen LogP contribution >= 0.6 is 23.2 Å². The standard InChI is InChI=1S/C20H16Cl2N2O4/c1-23-17(11-4-7-14(8-5-11)28-19(26)12-2-3-12)18(25)24(20(23)27)13-6-9-15(21)16(22)10-13/h4-10,12,17H,2-3H2,1H3. The van der Waals surface area contributed by atoms with Gasteiger partial charge in [0.2, 0.25) is 0 Å². The summed E-state index contributed by atoms with van der Waals surface area (Å²) < 4.78 is 5.30. The highest BCUT2D eigenvalue weighted by Crippen LogP contribution is 2.36. The molecule has 0 N–H and O–H groups in total. The number of anilines is 1. The van der Waals surface area contributed by atoms with E-state index >= 15 is 0 Å². The molecule has 2 aliphatic rings. The minimum absolute atomic E-state index is 0.000371. The first kappa shape index (κ1) is 18.8. The highest BCUT2D eigenvalue weighted by atomic mass is 35.5. The second-order valence-electron chi connectivity index (χ2n) is 6.83. The number of hydrogen-bond acceptors (Lipinski definition) is 4. The molecule has 1 atom stereocenters. The molecular weight excluding hydrogens is 403 g/mol. The Labute approximate surface area is 171 Å². The van der Waals surface area contributed by atoms with E-state index < -0.39 is 18.0 Å². The number of imide groups is 1. The summed E-state index contributed by atoms with van der Waals surface area (Å²) in [4.78, 5) is 39.9. The molecule has 8 heteroatoms. The maximum atomic E-state index is 13.0. The average molecular weight is 419 g/mol. The Morgan fingerprint density at radius 1 is 1.04 bits per heavy atom. The van der Waals surface area contributed by atoms with E-state index in [0.29, 0.717) is 22.0 Å². The Balaban J connectivity index is 1.57. The van der Waals surface area contributed by atoms with Crippen molar-refractivity contribution in [1.82, 2.24) is 4.90 Å². The minimum atomic E-state index is -0.782. The maximum Gasteiger partial charge on any atom is 0.332 e. The van der Waals surface area contributed by atoms with Crippen LogP contribution in [0.2, 0.25) is 10.0 Å². The maximum absolute atomic E-state index is 13.0. The van der Waals surface area contributed by atoms with Crippen LogP contribution in [-0.2, 0) is 9.59 Å². The molecule has 0 bridgehead atoms. The molecule has 0 spiro atoms. The van der Waals surface area contributed by atoms with Crippen LogP contribution in [0, 0.1) is 5.92 Å². The van der Waals surface area contributed by atoms with Crippen LogP contribution in [0.15, 0.2) is 42.5 Å². The molecule has 1 aliphatic heterocycles. The molecule has 4 rings (SSSR count). The van der Waals surface area contributed by atoms with Crippen molar-refractivity contribution in [2.75, 3.05) is 11.9 Å². The first-order chi connectivity index (χ1) is 13.4. The highest BCUT2D eigenvalue weighted by molar-refractivity contribution is 6.42. The summed E-state index contributed by atoms with van der Waals surface area (Å²) in [7, 11) is 1.56. The number of ether oxygens (including phenoxy) is 1. The number of likely N-dealkylation sites (N-methyl/N-ethyl adjacent to an activating group) is 1. The van der Waals surface area contributed by atoms with Gasteiger partial charge in [-0.05, 0) is 48.7 Å². The summed E-state index contributed by atoms with van der Waals surface area (Å²) in [5, 5.41) is 0.596. The Kier molecular flexibility index (Phi) is 4.77. The summed E-state index contributed by atoms with van der Waals surface area (Å²) in [5.74, 6) is -0.211. The van der Waals surface area contributed by atoms with Gasteiger partial charge in [0.05, 0.1) is 21.7 Å². The zero-order valence-corrected chi connectivity index (χ0v) is 16.4. The van der Waals surface area contributed by atoms with Gasteiger partial charge in [-0.1, -0.05) is 35.3 Å². The van der Waals surface area contributed by atoms with Crippen molar-refractivity contribution in [3.05, 3.63) is 58.1 Å². The molecule has 1 aliphatic carbocycles. The molecular formula is C20H16Cl2N2O4. The van der Waals surface area contributed by atoms with Gasteiger partial charge in [-0.15, -0.1) is 0 Å². The first-order valence-corrected chi connectivity index (χ1v) is 9.50. The lowest BCUT2D eigenvalue weighted by Gasteiger charge is -2.16. The van der Waals surface area contributed by atoms with Gasteiger partial charge >= 0.3 is 12.0 Å². The number of urea groups is 1. The van der Waals surface area contributed by atoms with Crippen LogP contribution in [0.4, 0.5) is 10.5 Å². The fraction of sp³-hybridized carbons (Fsp3) is 0.250. The van der Waals surface area contributed by atoms with Gasteiger partial charge in [0.1, 0.15) is 11.8 Å². The van der Waals surface area contributed by atoms with Crippen molar-refractivity contribution < 1.29 is 19.1 Å². The summed E-state index contributed by atoms with van der Waals surface area (Å²) in [6.07, 6.45) is 1.73. The Hall–Kier alpha value is -2.57. The van der Waals surface area contributed by atoms with Gasteiger partial charge in [-0.3, -0.25) is 9.59 Å². The predicted molar refractivity (Wildman–Crippen MR) is 105 cm³/mol. The quantitative estimate of drug-likeness (QED) is 0.417. The van der Waals surface area contributed by atoms with E-state index in [1.54, 1.807) is 37.4 Å². The van der Waals surface area contributed by atoms with E-state index in [9.17, 15) is 14.4 Å². The van der Waals surface area contributed by atoms with Crippen molar-refractivity contribution in [3.8, 4) is 5.75 Å². The van der Waals surface area contributed by atoms with E-state index in [4.69, 9.17) is 27.9 Å². The lowest BCUT2D eigenvalue weighted by Crippen LogP contribution is -2.31. The van der Waals surface area contributed by atoms with Gasteiger partial charge in [-0.25, -0.2) is 9.69 Å². The number of esters is 1. The van der Waals surface area contributed by atoms with Gasteiger partial charge in [0.25, 0.3) is 5.91 Å². The monoisotopic (exact) mass is 418 g/mol. The van der Waals surface area contributed by atoms with E-state index in [1.165, 1.54) is 17.0 Å². The van der Waals surface area contributed by atoms with Crippen molar-refractivity contribution in [1.29, 1.82) is 0 Å². The third-order valence-corrected chi connectivity index (χ3v) is 5.56. The van der Waals surface area contributed by atoms with E-state index in [2.05, 4.69) is 0 Å². The minimum Gasteiger partial charge on any atom is -0.426 e. The van der Waals surface area contributed by atoms with Crippen LogP contribution in [0.25, 0.3) is 0 Å². The first-order valence-electron chi connectivity index (χ1n) is 8.74. The lowest BCUT2D eigenvalue weighted by atomic mass is 10.1. The lowest BCUT2D eigenvalue weighted by molar-refractivity contribution is -0.135. The summed E-state index contributed by atoms with van der Waals surface area (Å²) in [5.41, 5.74) is 0.975. The number of amides is 3. The van der Waals surface area contributed by atoms with Crippen molar-refractivity contribution in [2.45, 2.75) is 18.9 Å². The Morgan fingerprint density at radius 2 is 1.71 bits per heavy atom. The number of hydrogen-bond donors (Lipinski definition) is 0. The second kappa shape index (κ2) is 7.11. The normalized spacial score (nSPS) is 19.3. The van der Waals surface area contributed by atoms with Crippen LogP contribution in [0.3, 0.4) is 0 Å². The molecule has 144 valence electrons. The van der Waals surface area contributed by atoms with Crippen LogP contribution in [-0.4, -0.2) is 29.9 Å². The highest BCUT2D eigenvalue weighted by Gasteiger charge is 2.44. The fourth-order valence-electron chi connectivity index (χ4n) is 3.12. The topological polar surface area (TPSA) is 66.9 Å². The van der Waals surface area contributed by atoms with Gasteiger partial charge < -0.3 is 9.64 Å². The smallest absolute Gasteiger partial charge is 0.332 e. The Bertz CT molecular complexity index is 973. The fourth-order valence-corrected chi connectivity index (χ4v) is 3.41. The molecule has 3 amide bonds. The number of rotatable bonds is 4. The number of carbonyl (C=O) groups is 3. The molecule has 2 aromatic carbocycles. The second-order valence-corrected chi connectivity index (χ2v) is 7.65. The van der Waals surface area contributed by atoms with Gasteiger partial charge in [0.15, 0.2) is 0 Å². The van der Waals surface area contributed by atoms with Crippen LogP contribution < -0.4 is 9.64 Å². The zero-order valence-electron chi connectivity index (χ0n) is 14.9. The van der Waals surface area contributed by atoms with E-state index in [0.717, 1.165) is 17.7 Å². The average Bonchev–Trinajstić information content (AvgIpc) is 3.48. The number of carbonyl (C=O) groups excluding carboxylic acids is 3. The molecule has 2 fully saturated rings. The van der Waals surface area contributed by atoms with E-state index in [1.807, 2.05) is 0 Å². The van der Waals surface area contributed by atoms with Crippen molar-refractivity contribution >= 4 is 46.8 Å². The van der Waals surface area contributed by atoms with Crippen molar-refractivity contribution in [2.24, 2.45) is 5.92 Å². The van der Waals surface area contributed by atoms with E-state index in [-0.39, 0.29) is 16.9 Å². The molecule has 28 heavy (non-hydrogen) atoms. The summed E-state index contributed by atoms with van der Waals surface area (Å²) in [6.45, 7) is 0. The number of nitrogens with zero attached hydrogens (tertiary/aromatic N) is 2. The largest absolute Gasteiger partial charge is 0.426 e. The van der Waals surface area contributed by atoms with Crippen LogP contribution in [0.1, 0.15) is 24.4 Å². The molecule has 6 nitrogen and oxygen atoms in total. The number of benzene rings is 2. The SMILES string of the molecule is CN1C(=O)N(c2ccc(Cl)c(Cl)c2)C(=O)C1c1ccc(OC(=O)C2CC2)cc1. The third kappa shape index (κ3) is 3.34.